The van der Waals surface area contributed by atoms with Crippen molar-refractivity contribution in [3.05, 3.63) is 28.8 Å². The van der Waals surface area contributed by atoms with E-state index in [0.29, 0.717) is 16.6 Å². The number of rotatable bonds is 4. The second-order valence-corrected chi connectivity index (χ2v) is 12.5. The van der Waals surface area contributed by atoms with Crippen LogP contribution in [0.15, 0.2) is 18.2 Å². The average molecular weight is 322 g/mol. The van der Waals surface area contributed by atoms with Gasteiger partial charge in [0, 0.05) is 12.6 Å². The van der Waals surface area contributed by atoms with Crippen molar-refractivity contribution in [3.63, 3.8) is 0 Å². The average Bonchev–Trinajstić information content (AvgIpc) is 2.38. The first-order valence-corrected chi connectivity index (χ1v) is 10.4. The van der Waals surface area contributed by atoms with Gasteiger partial charge in [0.1, 0.15) is 8.07 Å². The molecule has 1 nitrogen and oxygen atoms in total. The van der Waals surface area contributed by atoms with Gasteiger partial charge in [-0.05, 0) is 28.8 Å². The van der Waals surface area contributed by atoms with Gasteiger partial charge in [-0.25, -0.2) is 0 Å². The molecule has 0 saturated heterocycles. The highest BCUT2D eigenvalue weighted by atomic mass is 35.5. The zero-order chi connectivity index (χ0) is 16.2. The second-order valence-electron chi connectivity index (χ2n) is 6.56. The number of hydrogen-bond donors (Lipinski definition) is 1. The molecule has 0 fully saturated rings. The van der Waals surface area contributed by atoms with E-state index in [0.717, 1.165) is 16.3 Å². The van der Waals surface area contributed by atoms with Gasteiger partial charge in [0.05, 0.1) is 10.7 Å². The monoisotopic (exact) mass is 321 g/mol. The highest BCUT2D eigenvalue weighted by Crippen LogP contribution is 2.41. The van der Waals surface area contributed by atoms with Crippen molar-refractivity contribution in [1.29, 1.82) is 0 Å². The molecule has 0 aliphatic carbocycles. The van der Waals surface area contributed by atoms with Crippen molar-refractivity contribution in [1.82, 2.24) is 0 Å². The van der Waals surface area contributed by atoms with Crippen molar-refractivity contribution < 1.29 is 0 Å². The Bertz CT molecular complexity index is 516. The Morgan fingerprint density at radius 3 is 1.95 bits per heavy atom. The maximum absolute atomic E-state index is 6.25. The molecule has 1 N–H and O–H groups in total. The Balaban J connectivity index is 3.39. The van der Waals surface area contributed by atoms with E-state index < -0.39 is 8.07 Å². The van der Waals surface area contributed by atoms with Crippen LogP contribution in [0.4, 0.5) is 5.69 Å². The standard InChI is InChI=1S/C18H28ClNSi/c1-13(2)21(14(3)4,15(5)6)12-11-16-9-8-10-17(19)18(16)20-7/h8-10,13-15,20H,1-7H3. The summed E-state index contributed by atoms with van der Waals surface area (Å²) in [5.41, 5.74) is 7.60. The van der Waals surface area contributed by atoms with E-state index in [2.05, 4.69) is 58.3 Å². The first kappa shape index (κ1) is 18.1. The lowest BCUT2D eigenvalue weighted by Crippen LogP contribution is -2.43. The van der Waals surface area contributed by atoms with Crippen LogP contribution in [0.5, 0.6) is 0 Å². The quantitative estimate of drug-likeness (QED) is 0.533. The fourth-order valence-electron chi connectivity index (χ4n) is 3.49. The zero-order valence-corrected chi connectivity index (χ0v) is 16.1. The maximum Gasteiger partial charge on any atom is 0.146 e. The Kier molecular flexibility index (Phi) is 6.37. The van der Waals surface area contributed by atoms with Crippen LogP contribution in [0.1, 0.15) is 47.1 Å². The van der Waals surface area contributed by atoms with Crippen LogP contribution in [0.2, 0.25) is 21.6 Å². The predicted octanol–water partition coefficient (Wildman–Crippen LogP) is 5.95. The third-order valence-corrected chi connectivity index (χ3v) is 11.1. The van der Waals surface area contributed by atoms with Gasteiger partial charge in [0.2, 0.25) is 0 Å². The van der Waals surface area contributed by atoms with E-state index >= 15 is 0 Å². The summed E-state index contributed by atoms with van der Waals surface area (Å²) >= 11 is 6.25. The fraction of sp³-hybridized carbons (Fsp3) is 0.556. The SMILES string of the molecule is CNc1c(Cl)cccc1C#C[Si](C(C)C)(C(C)C)C(C)C. The molecule has 0 aromatic heterocycles. The molecule has 0 bridgehead atoms. The minimum Gasteiger partial charge on any atom is -0.386 e. The summed E-state index contributed by atoms with van der Waals surface area (Å²) in [7, 11) is 0.198. The molecule has 21 heavy (non-hydrogen) atoms. The highest BCUT2D eigenvalue weighted by Gasteiger charge is 2.41. The van der Waals surface area contributed by atoms with Crippen LogP contribution in [0.3, 0.4) is 0 Å². The van der Waals surface area contributed by atoms with Crippen LogP contribution in [0.25, 0.3) is 0 Å². The molecule has 116 valence electrons. The van der Waals surface area contributed by atoms with Crippen molar-refractivity contribution in [2.45, 2.75) is 58.2 Å². The van der Waals surface area contributed by atoms with E-state index in [1.54, 1.807) is 0 Å². The summed E-state index contributed by atoms with van der Waals surface area (Å²) < 4.78 is 0. The van der Waals surface area contributed by atoms with E-state index in [1.807, 2.05) is 25.2 Å². The van der Waals surface area contributed by atoms with E-state index in [-0.39, 0.29) is 0 Å². The first-order chi connectivity index (χ1) is 9.77. The summed E-state index contributed by atoms with van der Waals surface area (Å²) in [6.07, 6.45) is 0. The van der Waals surface area contributed by atoms with Crippen molar-refractivity contribution in [2.75, 3.05) is 12.4 Å². The topological polar surface area (TPSA) is 12.0 Å². The van der Waals surface area contributed by atoms with Gasteiger partial charge in [0.25, 0.3) is 0 Å². The van der Waals surface area contributed by atoms with E-state index in [9.17, 15) is 0 Å². The molecule has 0 amide bonds. The molecule has 0 aliphatic heterocycles. The number of para-hydroxylation sites is 1. The lowest BCUT2D eigenvalue weighted by atomic mass is 10.2. The summed E-state index contributed by atoms with van der Waals surface area (Å²) in [5, 5.41) is 3.90. The number of nitrogens with one attached hydrogen (secondary N) is 1. The fourth-order valence-corrected chi connectivity index (χ4v) is 8.98. The van der Waals surface area contributed by atoms with Gasteiger partial charge in [-0.1, -0.05) is 65.1 Å². The van der Waals surface area contributed by atoms with Crippen molar-refractivity contribution in [3.8, 4) is 11.5 Å². The zero-order valence-electron chi connectivity index (χ0n) is 14.3. The minimum absolute atomic E-state index is 0.641. The molecule has 0 aliphatic rings. The summed E-state index contributed by atoms with van der Waals surface area (Å²) in [5.74, 6) is 3.45. The summed E-state index contributed by atoms with van der Waals surface area (Å²) in [6.45, 7) is 14.0. The third kappa shape index (κ3) is 3.65. The van der Waals surface area contributed by atoms with E-state index in [1.165, 1.54) is 0 Å². The van der Waals surface area contributed by atoms with Gasteiger partial charge in [-0.2, -0.15) is 0 Å². The van der Waals surface area contributed by atoms with Gasteiger partial charge >= 0.3 is 0 Å². The molecule has 0 spiro atoms. The second kappa shape index (κ2) is 7.38. The van der Waals surface area contributed by atoms with Crippen LogP contribution >= 0.6 is 11.6 Å². The van der Waals surface area contributed by atoms with Gasteiger partial charge < -0.3 is 5.32 Å². The minimum atomic E-state index is -1.70. The van der Waals surface area contributed by atoms with Crippen molar-refractivity contribution in [2.24, 2.45) is 0 Å². The Labute approximate surface area is 136 Å². The summed E-state index contributed by atoms with van der Waals surface area (Å²) in [4.78, 5) is 0. The Hall–Kier alpha value is -0.913. The lowest BCUT2D eigenvalue weighted by Gasteiger charge is -2.38. The molecular weight excluding hydrogens is 294 g/mol. The van der Waals surface area contributed by atoms with Crippen LogP contribution in [-0.2, 0) is 0 Å². The van der Waals surface area contributed by atoms with Crippen LogP contribution < -0.4 is 5.32 Å². The molecule has 1 aromatic rings. The molecule has 1 rings (SSSR count). The smallest absolute Gasteiger partial charge is 0.146 e. The van der Waals surface area contributed by atoms with Gasteiger partial charge in [0.15, 0.2) is 0 Å². The number of halogens is 1. The van der Waals surface area contributed by atoms with Crippen LogP contribution in [0, 0.1) is 11.5 Å². The van der Waals surface area contributed by atoms with Gasteiger partial charge in [-0.3, -0.25) is 0 Å². The van der Waals surface area contributed by atoms with Crippen LogP contribution in [-0.4, -0.2) is 15.1 Å². The third-order valence-electron chi connectivity index (χ3n) is 4.54. The summed E-state index contributed by atoms with van der Waals surface area (Å²) in [6, 6.07) is 5.91. The van der Waals surface area contributed by atoms with Crippen molar-refractivity contribution >= 4 is 25.4 Å². The normalized spacial score (nSPS) is 11.8. The highest BCUT2D eigenvalue weighted by molar-refractivity contribution is 6.90. The molecular formula is C18H28ClNSi. The largest absolute Gasteiger partial charge is 0.386 e. The molecule has 3 heteroatoms. The number of benzene rings is 1. The Morgan fingerprint density at radius 1 is 1.00 bits per heavy atom. The molecule has 1 aromatic carbocycles. The first-order valence-electron chi connectivity index (χ1n) is 7.76. The number of hydrogen-bond acceptors (Lipinski definition) is 1. The van der Waals surface area contributed by atoms with E-state index in [4.69, 9.17) is 11.6 Å². The predicted molar refractivity (Wildman–Crippen MR) is 98.9 cm³/mol. The maximum atomic E-state index is 6.25. The molecule has 0 heterocycles. The lowest BCUT2D eigenvalue weighted by molar-refractivity contribution is 0.838. The molecule has 0 radical (unpaired) electrons. The van der Waals surface area contributed by atoms with Gasteiger partial charge in [-0.15, -0.1) is 5.54 Å². The number of anilines is 1. The molecule has 0 unspecified atom stereocenters. The molecule has 0 saturated carbocycles. The molecule has 0 atom stereocenters. The Morgan fingerprint density at radius 2 is 1.52 bits per heavy atom.